The zero-order valence-corrected chi connectivity index (χ0v) is 21.7. The number of carbonyl (C=O) groups is 4. The monoisotopic (exact) mass is 504 g/mol. The number of ether oxygens (including phenoxy) is 3. The minimum atomic E-state index is -1.53. The third-order valence-corrected chi connectivity index (χ3v) is 7.02. The van der Waals surface area contributed by atoms with Crippen molar-refractivity contribution in [1.82, 2.24) is 5.32 Å². The first kappa shape index (κ1) is 29.3. The van der Waals surface area contributed by atoms with E-state index in [2.05, 4.69) is 38.9 Å². The van der Waals surface area contributed by atoms with Gasteiger partial charge in [-0.1, -0.05) is 33.6 Å². The van der Waals surface area contributed by atoms with Crippen LogP contribution in [0.25, 0.3) is 0 Å². The van der Waals surface area contributed by atoms with E-state index in [0.717, 1.165) is 18.6 Å². The smallest absolute Gasteiger partial charge is 0.408 e. The summed E-state index contributed by atoms with van der Waals surface area (Å²) in [7, 11) is 0. The maximum Gasteiger partial charge on any atom is 0.408 e. The molecule has 2 rings (SSSR count). The van der Waals surface area contributed by atoms with Gasteiger partial charge in [-0.05, 0) is 62.9 Å². The highest BCUT2D eigenvalue weighted by Crippen LogP contribution is 2.43. The molecule has 2 aliphatic rings. The van der Waals surface area contributed by atoms with E-state index in [1.807, 2.05) is 6.92 Å². The van der Waals surface area contributed by atoms with Crippen LogP contribution in [-0.4, -0.2) is 54.2 Å². The van der Waals surface area contributed by atoms with E-state index in [4.69, 9.17) is 19.9 Å². The molecule has 4 unspecified atom stereocenters. The number of amides is 1. The maximum absolute atomic E-state index is 13.3. The number of allylic oxidation sites excluding steroid dienone is 1. The molecule has 200 valence electrons. The van der Waals surface area contributed by atoms with Crippen LogP contribution in [0.1, 0.15) is 59.3 Å². The number of hydrogen-bond donors (Lipinski definition) is 2. The molecule has 0 spiro atoms. The summed E-state index contributed by atoms with van der Waals surface area (Å²) in [6.07, 6.45) is 6.08. The quantitative estimate of drug-likeness (QED) is 0.235. The van der Waals surface area contributed by atoms with Crippen molar-refractivity contribution in [2.24, 2.45) is 23.0 Å². The average molecular weight is 505 g/mol. The van der Waals surface area contributed by atoms with Crippen LogP contribution in [0.3, 0.4) is 0 Å². The molecule has 0 aromatic heterocycles. The van der Waals surface area contributed by atoms with Crippen LogP contribution in [0.15, 0.2) is 38.0 Å². The van der Waals surface area contributed by atoms with Crippen molar-refractivity contribution in [2.75, 3.05) is 13.2 Å². The number of nitrogens with two attached hydrogens (primary N) is 1. The summed E-state index contributed by atoms with van der Waals surface area (Å²) in [5.41, 5.74) is 4.02. The number of rotatable bonds is 12. The van der Waals surface area contributed by atoms with E-state index in [1.54, 1.807) is 0 Å². The van der Waals surface area contributed by atoms with Crippen molar-refractivity contribution in [1.29, 1.82) is 0 Å². The van der Waals surface area contributed by atoms with E-state index in [-0.39, 0.29) is 48.7 Å². The Morgan fingerprint density at radius 2 is 1.56 bits per heavy atom. The maximum atomic E-state index is 13.3. The lowest BCUT2D eigenvalue weighted by Crippen LogP contribution is -2.58. The molecule has 0 radical (unpaired) electrons. The zero-order chi connectivity index (χ0) is 27.1. The molecular formula is C27H40N2O7. The summed E-state index contributed by atoms with van der Waals surface area (Å²) in [5, 5.41) is 2.95. The molecule has 36 heavy (non-hydrogen) atoms. The Bertz CT molecular complexity index is 873. The molecule has 0 heterocycles. The molecule has 2 aliphatic carbocycles. The van der Waals surface area contributed by atoms with Gasteiger partial charge in [0.15, 0.2) is 11.4 Å². The van der Waals surface area contributed by atoms with Gasteiger partial charge in [-0.2, -0.15) is 0 Å². The molecule has 0 saturated heterocycles. The summed E-state index contributed by atoms with van der Waals surface area (Å²) in [6, 6.07) is -0.0912. The molecule has 3 N–H and O–H groups in total. The lowest BCUT2D eigenvalue weighted by Gasteiger charge is -2.46. The fraction of sp³-hybridized carbons (Fsp3) is 0.630. The standard InChI is InChI=1S/C27H40N2O7/c1-7-21(30)20-11-10-18(20)12-27(16-34-22(31)8-2,17-35-23(32)9-3)36-24(33)29-26(6)14-19(28)13-25(4,5)15-26/h7-9,18-20H,1-3,10-17,28H2,4-6H3,(H,29,33). The van der Waals surface area contributed by atoms with Crippen LogP contribution >= 0.6 is 0 Å². The van der Waals surface area contributed by atoms with E-state index >= 15 is 0 Å². The largest absolute Gasteiger partial charge is 0.458 e. The first-order chi connectivity index (χ1) is 16.8. The molecule has 9 nitrogen and oxygen atoms in total. The van der Waals surface area contributed by atoms with Crippen LogP contribution < -0.4 is 11.1 Å². The Hall–Kier alpha value is -2.94. The summed E-state index contributed by atoms with van der Waals surface area (Å²) in [4.78, 5) is 49.3. The first-order valence-corrected chi connectivity index (χ1v) is 12.3. The number of esters is 2. The van der Waals surface area contributed by atoms with Gasteiger partial charge in [-0.15, -0.1) is 0 Å². The van der Waals surface area contributed by atoms with Gasteiger partial charge in [0.25, 0.3) is 0 Å². The molecule has 9 heteroatoms. The highest BCUT2D eigenvalue weighted by Gasteiger charge is 2.47. The normalized spacial score (nSPS) is 26.9. The van der Waals surface area contributed by atoms with Crippen molar-refractivity contribution >= 4 is 23.8 Å². The van der Waals surface area contributed by atoms with Gasteiger partial charge >= 0.3 is 18.0 Å². The second kappa shape index (κ2) is 11.9. The second-order valence-electron chi connectivity index (χ2n) is 11.1. The number of ketones is 1. The molecule has 0 aromatic carbocycles. The molecule has 0 aromatic rings. The number of carbonyl (C=O) groups excluding carboxylic acids is 4. The topological polar surface area (TPSA) is 134 Å². The molecule has 2 fully saturated rings. The second-order valence-corrected chi connectivity index (χ2v) is 11.1. The van der Waals surface area contributed by atoms with Gasteiger partial charge in [0.05, 0.1) is 0 Å². The number of nitrogens with one attached hydrogen (secondary N) is 1. The van der Waals surface area contributed by atoms with Gasteiger partial charge in [0.1, 0.15) is 13.2 Å². The zero-order valence-electron chi connectivity index (χ0n) is 21.7. The molecular weight excluding hydrogens is 464 g/mol. The Balaban J connectivity index is 2.31. The van der Waals surface area contributed by atoms with Gasteiger partial charge < -0.3 is 25.3 Å². The summed E-state index contributed by atoms with van der Waals surface area (Å²) in [5.74, 6) is -2.03. The van der Waals surface area contributed by atoms with Crippen molar-refractivity contribution in [3.63, 3.8) is 0 Å². The molecule has 0 bridgehead atoms. The van der Waals surface area contributed by atoms with Crippen molar-refractivity contribution in [3.8, 4) is 0 Å². The van der Waals surface area contributed by atoms with Crippen molar-refractivity contribution in [2.45, 2.75) is 76.5 Å². The fourth-order valence-corrected chi connectivity index (χ4v) is 5.73. The van der Waals surface area contributed by atoms with Crippen molar-refractivity contribution in [3.05, 3.63) is 38.0 Å². The third-order valence-electron chi connectivity index (χ3n) is 7.02. The van der Waals surface area contributed by atoms with Crippen LogP contribution in [0.2, 0.25) is 0 Å². The molecule has 0 aliphatic heterocycles. The van der Waals surface area contributed by atoms with Crippen molar-refractivity contribution < 1.29 is 33.4 Å². The summed E-state index contributed by atoms with van der Waals surface area (Å²) in [6.45, 7) is 15.7. The van der Waals surface area contributed by atoms with Gasteiger partial charge in [-0.25, -0.2) is 14.4 Å². The number of alkyl carbamates (subject to hydrolysis) is 1. The SMILES string of the molecule is C=CC(=O)OCC(COC(=O)C=C)(CC1CCC1C(=O)C=C)OC(=O)NC1(C)CC(N)CC(C)(C)C1. The Morgan fingerprint density at radius 3 is 2.00 bits per heavy atom. The summed E-state index contributed by atoms with van der Waals surface area (Å²) < 4.78 is 16.5. The highest BCUT2D eigenvalue weighted by molar-refractivity contribution is 5.92. The lowest BCUT2D eigenvalue weighted by atomic mass is 9.67. The lowest BCUT2D eigenvalue weighted by molar-refractivity contribution is -0.163. The molecule has 4 atom stereocenters. The predicted octanol–water partition coefficient (Wildman–Crippen LogP) is 3.38. The number of hydrogen-bond acceptors (Lipinski definition) is 8. The minimum Gasteiger partial charge on any atom is -0.458 e. The Labute approximate surface area is 213 Å². The van der Waals surface area contributed by atoms with Gasteiger partial charge in [-0.3, -0.25) is 4.79 Å². The molecule has 1 amide bonds. The highest BCUT2D eigenvalue weighted by atomic mass is 16.6. The fourth-order valence-electron chi connectivity index (χ4n) is 5.73. The Kier molecular flexibility index (Phi) is 9.65. The van der Waals surface area contributed by atoms with E-state index in [9.17, 15) is 19.2 Å². The first-order valence-electron chi connectivity index (χ1n) is 12.3. The van der Waals surface area contributed by atoms with Crippen LogP contribution in [0, 0.1) is 17.3 Å². The van der Waals surface area contributed by atoms with E-state index in [0.29, 0.717) is 25.7 Å². The third kappa shape index (κ3) is 8.05. The van der Waals surface area contributed by atoms with E-state index in [1.165, 1.54) is 6.08 Å². The summed E-state index contributed by atoms with van der Waals surface area (Å²) >= 11 is 0. The van der Waals surface area contributed by atoms with Crippen LogP contribution in [0.5, 0.6) is 0 Å². The predicted molar refractivity (Wildman–Crippen MR) is 135 cm³/mol. The van der Waals surface area contributed by atoms with Crippen LogP contribution in [0.4, 0.5) is 4.79 Å². The minimum absolute atomic E-state index is 0.0834. The molecule has 2 saturated carbocycles. The van der Waals surface area contributed by atoms with Gasteiger partial charge in [0.2, 0.25) is 0 Å². The van der Waals surface area contributed by atoms with Crippen LogP contribution in [-0.2, 0) is 28.6 Å². The van der Waals surface area contributed by atoms with E-state index < -0.39 is 29.2 Å². The average Bonchev–Trinajstić information content (AvgIpc) is 2.76. The van der Waals surface area contributed by atoms with Gasteiger partial charge in [0, 0.05) is 29.7 Å². The Morgan fingerprint density at radius 1 is 0.972 bits per heavy atom.